The normalized spacial score (nSPS) is 10.1. The van der Waals surface area contributed by atoms with Gasteiger partial charge >= 0.3 is 5.97 Å². The molecule has 0 saturated heterocycles. The van der Waals surface area contributed by atoms with Crippen LogP contribution in [0.5, 0.6) is 0 Å². The Morgan fingerprint density at radius 3 is 2.32 bits per heavy atom. The molecule has 0 aliphatic carbocycles. The average Bonchev–Trinajstić information content (AvgIpc) is 2.92. The topological polar surface area (TPSA) is 71.3 Å². The van der Waals surface area contributed by atoms with Gasteiger partial charge < -0.3 is 15.0 Å². The van der Waals surface area contributed by atoms with E-state index in [2.05, 4.69) is 5.32 Å². The number of amides is 1. The summed E-state index contributed by atoms with van der Waals surface area (Å²) in [6.45, 7) is 0.132. The minimum atomic E-state index is -0.928. The Kier molecular flexibility index (Phi) is 3.97. The summed E-state index contributed by atoms with van der Waals surface area (Å²) in [6, 6.07) is 11.0. The van der Waals surface area contributed by atoms with E-state index < -0.39 is 5.97 Å². The van der Waals surface area contributed by atoms with Crippen LogP contribution in [-0.4, -0.2) is 28.1 Å². The van der Waals surface area contributed by atoms with Crippen molar-refractivity contribution < 1.29 is 14.7 Å². The summed E-state index contributed by atoms with van der Waals surface area (Å²) in [7, 11) is 0. The van der Waals surface area contributed by atoms with Crippen molar-refractivity contribution in [3.63, 3.8) is 0 Å². The molecular formula is C14H14N2O3. The van der Waals surface area contributed by atoms with Crippen LogP contribution < -0.4 is 5.32 Å². The summed E-state index contributed by atoms with van der Waals surface area (Å²) < 4.78 is 1.94. The molecule has 1 aromatic heterocycles. The Bertz CT molecular complexity index is 559. The number of carboxylic acids is 1. The van der Waals surface area contributed by atoms with Gasteiger partial charge in [0.2, 0.25) is 0 Å². The van der Waals surface area contributed by atoms with Crippen LogP contribution in [0.1, 0.15) is 16.8 Å². The number of aromatic nitrogens is 1. The molecule has 0 atom stereocenters. The van der Waals surface area contributed by atoms with E-state index in [0.717, 1.165) is 5.69 Å². The monoisotopic (exact) mass is 258 g/mol. The molecule has 0 spiro atoms. The van der Waals surface area contributed by atoms with Crippen LogP contribution in [0.2, 0.25) is 0 Å². The van der Waals surface area contributed by atoms with Crippen LogP contribution in [0.4, 0.5) is 0 Å². The van der Waals surface area contributed by atoms with Crippen molar-refractivity contribution in [3.8, 4) is 5.69 Å². The highest BCUT2D eigenvalue weighted by Gasteiger charge is 2.06. The molecule has 0 aliphatic rings. The van der Waals surface area contributed by atoms with Crippen LogP contribution in [0.15, 0.2) is 48.8 Å². The fraction of sp³-hybridized carbons (Fsp3) is 0.143. The van der Waals surface area contributed by atoms with Gasteiger partial charge in [0, 0.05) is 30.2 Å². The molecule has 0 radical (unpaired) electrons. The van der Waals surface area contributed by atoms with Crippen molar-refractivity contribution in [1.82, 2.24) is 9.88 Å². The molecular weight excluding hydrogens is 244 g/mol. The number of aliphatic carboxylic acids is 1. The molecule has 1 amide bonds. The molecule has 5 nitrogen and oxygen atoms in total. The second-order valence-corrected chi connectivity index (χ2v) is 4.04. The van der Waals surface area contributed by atoms with E-state index in [1.54, 1.807) is 12.1 Å². The lowest BCUT2D eigenvalue weighted by Gasteiger charge is -2.06. The third kappa shape index (κ3) is 3.45. The number of hydrogen-bond acceptors (Lipinski definition) is 2. The molecule has 19 heavy (non-hydrogen) atoms. The summed E-state index contributed by atoms with van der Waals surface area (Å²) in [5, 5.41) is 11.0. The second-order valence-electron chi connectivity index (χ2n) is 4.04. The van der Waals surface area contributed by atoms with Gasteiger partial charge in [0.15, 0.2) is 0 Å². The minimum Gasteiger partial charge on any atom is -0.481 e. The Balaban J connectivity index is 1.98. The second kappa shape index (κ2) is 5.86. The highest BCUT2D eigenvalue weighted by atomic mass is 16.4. The molecule has 5 heteroatoms. The number of rotatable bonds is 5. The number of benzene rings is 1. The van der Waals surface area contributed by atoms with Crippen LogP contribution in [0.3, 0.4) is 0 Å². The molecule has 0 fully saturated rings. The number of nitrogens with one attached hydrogen (secondary N) is 1. The summed E-state index contributed by atoms with van der Waals surface area (Å²) >= 11 is 0. The summed E-state index contributed by atoms with van der Waals surface area (Å²) in [6.07, 6.45) is 3.76. The smallest absolute Gasteiger partial charge is 0.305 e. The van der Waals surface area contributed by atoms with E-state index in [0.29, 0.717) is 5.56 Å². The predicted octanol–water partition coefficient (Wildman–Crippen LogP) is 1.68. The molecule has 2 N–H and O–H groups in total. The lowest BCUT2D eigenvalue weighted by atomic mass is 10.2. The first kappa shape index (κ1) is 12.9. The van der Waals surface area contributed by atoms with Crippen LogP contribution in [-0.2, 0) is 4.79 Å². The van der Waals surface area contributed by atoms with Crippen molar-refractivity contribution in [2.75, 3.05) is 6.54 Å². The minimum absolute atomic E-state index is 0.0762. The van der Waals surface area contributed by atoms with Crippen molar-refractivity contribution >= 4 is 11.9 Å². The maximum Gasteiger partial charge on any atom is 0.305 e. The predicted molar refractivity (Wildman–Crippen MR) is 70.4 cm³/mol. The van der Waals surface area contributed by atoms with Gasteiger partial charge in [-0.1, -0.05) is 0 Å². The molecule has 0 aliphatic heterocycles. The number of carbonyl (C=O) groups excluding carboxylic acids is 1. The molecule has 2 rings (SSSR count). The fourth-order valence-electron chi connectivity index (χ4n) is 1.68. The summed E-state index contributed by atoms with van der Waals surface area (Å²) in [5.74, 6) is -1.19. The first-order valence-electron chi connectivity index (χ1n) is 5.90. The van der Waals surface area contributed by atoms with Crippen molar-refractivity contribution in [2.24, 2.45) is 0 Å². The third-order valence-corrected chi connectivity index (χ3v) is 2.66. The summed E-state index contributed by atoms with van der Waals surface area (Å²) in [5.41, 5.74) is 1.48. The van der Waals surface area contributed by atoms with E-state index in [-0.39, 0.29) is 18.9 Å². The molecule has 0 saturated carbocycles. The largest absolute Gasteiger partial charge is 0.481 e. The Morgan fingerprint density at radius 2 is 1.74 bits per heavy atom. The van der Waals surface area contributed by atoms with Gasteiger partial charge in [0.25, 0.3) is 5.91 Å². The quantitative estimate of drug-likeness (QED) is 0.857. The highest BCUT2D eigenvalue weighted by Crippen LogP contribution is 2.09. The number of hydrogen-bond donors (Lipinski definition) is 2. The molecule has 1 aromatic carbocycles. The van der Waals surface area contributed by atoms with Crippen LogP contribution in [0, 0.1) is 0 Å². The highest BCUT2D eigenvalue weighted by molar-refractivity contribution is 5.94. The van der Waals surface area contributed by atoms with Gasteiger partial charge in [-0.25, -0.2) is 0 Å². The standard InChI is InChI=1S/C14H14N2O3/c17-13(18)7-8-15-14(19)11-3-5-12(6-4-11)16-9-1-2-10-16/h1-6,9-10H,7-8H2,(H,15,19)(H,17,18). The first-order valence-corrected chi connectivity index (χ1v) is 5.90. The number of nitrogens with zero attached hydrogens (tertiary/aromatic N) is 1. The van der Waals surface area contributed by atoms with Gasteiger partial charge in [0.05, 0.1) is 6.42 Å². The van der Waals surface area contributed by atoms with Crippen LogP contribution >= 0.6 is 0 Å². The van der Waals surface area contributed by atoms with E-state index in [1.165, 1.54) is 0 Å². The van der Waals surface area contributed by atoms with Crippen molar-refractivity contribution in [2.45, 2.75) is 6.42 Å². The van der Waals surface area contributed by atoms with Gasteiger partial charge in [-0.2, -0.15) is 0 Å². The summed E-state index contributed by atoms with van der Waals surface area (Å²) in [4.78, 5) is 22.1. The Hall–Kier alpha value is -2.56. The maximum atomic E-state index is 11.7. The van der Waals surface area contributed by atoms with Gasteiger partial charge in [-0.05, 0) is 36.4 Å². The van der Waals surface area contributed by atoms with E-state index >= 15 is 0 Å². The number of carbonyl (C=O) groups is 2. The Morgan fingerprint density at radius 1 is 1.11 bits per heavy atom. The fourth-order valence-corrected chi connectivity index (χ4v) is 1.68. The van der Waals surface area contributed by atoms with Crippen molar-refractivity contribution in [1.29, 1.82) is 0 Å². The molecule has 0 bridgehead atoms. The molecule has 98 valence electrons. The lowest BCUT2D eigenvalue weighted by Crippen LogP contribution is -2.25. The first-order chi connectivity index (χ1) is 9.16. The van der Waals surface area contributed by atoms with Gasteiger partial charge in [-0.3, -0.25) is 9.59 Å². The zero-order valence-corrected chi connectivity index (χ0v) is 10.2. The lowest BCUT2D eigenvalue weighted by molar-refractivity contribution is -0.136. The number of carboxylic acid groups (broad SMARTS) is 1. The van der Waals surface area contributed by atoms with Crippen molar-refractivity contribution in [3.05, 3.63) is 54.4 Å². The molecule has 0 unspecified atom stereocenters. The maximum absolute atomic E-state index is 11.7. The SMILES string of the molecule is O=C(O)CCNC(=O)c1ccc(-n2cccc2)cc1. The van der Waals surface area contributed by atoms with Crippen LogP contribution in [0.25, 0.3) is 5.69 Å². The van der Waals surface area contributed by atoms with E-state index in [1.807, 2.05) is 41.2 Å². The zero-order chi connectivity index (χ0) is 13.7. The zero-order valence-electron chi connectivity index (χ0n) is 10.2. The van der Waals surface area contributed by atoms with Gasteiger partial charge in [0.1, 0.15) is 0 Å². The average molecular weight is 258 g/mol. The van der Waals surface area contributed by atoms with E-state index in [4.69, 9.17) is 5.11 Å². The van der Waals surface area contributed by atoms with E-state index in [9.17, 15) is 9.59 Å². The molecule has 2 aromatic rings. The third-order valence-electron chi connectivity index (χ3n) is 2.66. The Labute approximate surface area is 110 Å². The molecule has 1 heterocycles. The van der Waals surface area contributed by atoms with Gasteiger partial charge in [-0.15, -0.1) is 0 Å².